The minimum Gasteiger partial charge on any atom is -0.399 e. The SMILES string of the molecule is CN(C=N)C(=N)c1cc(F)ccc1-c1cccc(N)c1. The monoisotopic (exact) mass is 270 g/mol. The highest BCUT2D eigenvalue weighted by Crippen LogP contribution is 2.26. The lowest BCUT2D eigenvalue weighted by Gasteiger charge is -2.17. The highest BCUT2D eigenvalue weighted by molar-refractivity contribution is 6.06. The van der Waals surface area contributed by atoms with Crippen molar-refractivity contribution < 1.29 is 4.39 Å². The highest BCUT2D eigenvalue weighted by atomic mass is 19.1. The molecule has 0 saturated heterocycles. The number of hydrogen-bond acceptors (Lipinski definition) is 3. The lowest BCUT2D eigenvalue weighted by molar-refractivity contribution is 0.627. The third kappa shape index (κ3) is 2.66. The smallest absolute Gasteiger partial charge is 0.133 e. The lowest BCUT2D eigenvalue weighted by atomic mass is 9.98. The van der Waals surface area contributed by atoms with Crippen molar-refractivity contribution >= 4 is 17.9 Å². The molecule has 2 aromatic carbocycles. The van der Waals surface area contributed by atoms with Gasteiger partial charge >= 0.3 is 0 Å². The maximum atomic E-state index is 13.5. The molecule has 0 bridgehead atoms. The van der Waals surface area contributed by atoms with Gasteiger partial charge in [-0.2, -0.15) is 0 Å². The van der Waals surface area contributed by atoms with Crippen LogP contribution in [0.3, 0.4) is 0 Å². The summed E-state index contributed by atoms with van der Waals surface area (Å²) in [6.07, 6.45) is 1.01. The summed E-state index contributed by atoms with van der Waals surface area (Å²) in [4.78, 5) is 1.31. The molecule has 20 heavy (non-hydrogen) atoms. The van der Waals surface area contributed by atoms with Crippen LogP contribution in [0, 0.1) is 16.6 Å². The molecule has 0 aliphatic rings. The van der Waals surface area contributed by atoms with Crippen LogP contribution in [0.25, 0.3) is 11.1 Å². The first-order valence-corrected chi connectivity index (χ1v) is 6.00. The molecule has 0 aliphatic carbocycles. The predicted molar refractivity (Wildman–Crippen MR) is 79.6 cm³/mol. The first-order valence-electron chi connectivity index (χ1n) is 6.00. The normalized spacial score (nSPS) is 10.1. The summed E-state index contributed by atoms with van der Waals surface area (Å²) in [5.41, 5.74) is 8.30. The molecule has 0 saturated carbocycles. The number of nitrogen functional groups attached to an aromatic ring is 1. The van der Waals surface area contributed by atoms with Gasteiger partial charge in [0.15, 0.2) is 0 Å². The molecule has 0 spiro atoms. The quantitative estimate of drug-likeness (QED) is 0.455. The molecule has 0 aliphatic heterocycles. The van der Waals surface area contributed by atoms with E-state index in [4.69, 9.17) is 16.6 Å². The molecule has 4 nitrogen and oxygen atoms in total. The Balaban J connectivity index is 2.59. The molecule has 0 fully saturated rings. The molecular weight excluding hydrogens is 255 g/mol. The number of nitrogens with one attached hydrogen (secondary N) is 2. The second-order valence-corrected chi connectivity index (χ2v) is 4.40. The van der Waals surface area contributed by atoms with Gasteiger partial charge in [-0.25, -0.2) is 4.39 Å². The number of amidine groups is 1. The Kier molecular flexibility index (Phi) is 3.79. The first-order chi connectivity index (χ1) is 9.52. The minimum absolute atomic E-state index is 0.0527. The maximum Gasteiger partial charge on any atom is 0.133 e. The summed E-state index contributed by atoms with van der Waals surface area (Å²) < 4.78 is 13.5. The van der Waals surface area contributed by atoms with Gasteiger partial charge in [-0.15, -0.1) is 0 Å². The van der Waals surface area contributed by atoms with Crippen molar-refractivity contribution in [1.82, 2.24) is 4.90 Å². The number of hydrogen-bond donors (Lipinski definition) is 3. The van der Waals surface area contributed by atoms with Crippen molar-refractivity contribution in [2.24, 2.45) is 0 Å². The molecule has 0 unspecified atom stereocenters. The van der Waals surface area contributed by atoms with Gasteiger partial charge in [0, 0.05) is 18.3 Å². The number of nitrogens with two attached hydrogens (primary N) is 1. The largest absolute Gasteiger partial charge is 0.399 e. The molecule has 4 N–H and O–H groups in total. The Labute approximate surface area is 116 Å². The van der Waals surface area contributed by atoms with Gasteiger partial charge in [0.25, 0.3) is 0 Å². The topological polar surface area (TPSA) is 77.0 Å². The predicted octanol–water partition coefficient (Wildman–Crippen LogP) is 2.94. The molecule has 0 heterocycles. The molecule has 0 radical (unpaired) electrons. The van der Waals surface area contributed by atoms with E-state index >= 15 is 0 Å². The zero-order valence-electron chi connectivity index (χ0n) is 11.0. The van der Waals surface area contributed by atoms with Crippen LogP contribution in [-0.4, -0.2) is 24.1 Å². The number of rotatable bonds is 3. The van der Waals surface area contributed by atoms with E-state index in [1.54, 1.807) is 25.2 Å². The van der Waals surface area contributed by atoms with Gasteiger partial charge in [-0.1, -0.05) is 18.2 Å². The van der Waals surface area contributed by atoms with Gasteiger partial charge in [0.1, 0.15) is 11.7 Å². The molecule has 0 atom stereocenters. The van der Waals surface area contributed by atoms with E-state index in [9.17, 15) is 4.39 Å². The Morgan fingerprint density at radius 3 is 2.65 bits per heavy atom. The van der Waals surface area contributed by atoms with Crippen molar-refractivity contribution in [2.45, 2.75) is 0 Å². The van der Waals surface area contributed by atoms with Crippen molar-refractivity contribution in [3.63, 3.8) is 0 Å². The fourth-order valence-electron chi connectivity index (χ4n) is 1.92. The van der Waals surface area contributed by atoms with Crippen LogP contribution in [0.5, 0.6) is 0 Å². The number of benzene rings is 2. The van der Waals surface area contributed by atoms with Crippen LogP contribution < -0.4 is 5.73 Å². The second-order valence-electron chi connectivity index (χ2n) is 4.40. The third-order valence-electron chi connectivity index (χ3n) is 2.98. The summed E-state index contributed by atoms with van der Waals surface area (Å²) in [5, 5.41) is 15.3. The van der Waals surface area contributed by atoms with Crippen molar-refractivity contribution in [1.29, 1.82) is 10.8 Å². The zero-order chi connectivity index (χ0) is 14.7. The van der Waals surface area contributed by atoms with E-state index in [2.05, 4.69) is 0 Å². The summed E-state index contributed by atoms with van der Waals surface area (Å²) in [7, 11) is 1.57. The molecular formula is C15H15FN4. The molecule has 0 aromatic heterocycles. The van der Waals surface area contributed by atoms with Gasteiger partial charge in [0.2, 0.25) is 0 Å². The molecule has 5 heteroatoms. The van der Waals surface area contributed by atoms with E-state index in [-0.39, 0.29) is 5.84 Å². The Hall–Kier alpha value is -2.69. The number of anilines is 1. The third-order valence-corrected chi connectivity index (χ3v) is 2.98. The van der Waals surface area contributed by atoms with Crippen molar-refractivity contribution in [3.05, 3.63) is 53.8 Å². The number of halogens is 1. The molecule has 2 rings (SSSR count). The summed E-state index contributed by atoms with van der Waals surface area (Å²) in [5.74, 6) is -0.368. The van der Waals surface area contributed by atoms with Crippen LogP contribution in [0.15, 0.2) is 42.5 Å². The Bertz CT molecular complexity index is 667. The van der Waals surface area contributed by atoms with Gasteiger partial charge in [-0.3, -0.25) is 10.8 Å². The average Bonchev–Trinajstić information content (AvgIpc) is 2.45. The van der Waals surface area contributed by atoms with Crippen LogP contribution in [-0.2, 0) is 0 Å². The van der Waals surface area contributed by atoms with Crippen molar-refractivity contribution in [2.75, 3.05) is 12.8 Å². The highest BCUT2D eigenvalue weighted by Gasteiger charge is 2.13. The van der Waals surface area contributed by atoms with E-state index < -0.39 is 5.82 Å². The van der Waals surface area contributed by atoms with E-state index in [1.165, 1.54) is 17.0 Å². The Morgan fingerprint density at radius 2 is 2.00 bits per heavy atom. The molecule has 102 valence electrons. The Morgan fingerprint density at radius 1 is 1.25 bits per heavy atom. The van der Waals surface area contributed by atoms with Gasteiger partial charge < -0.3 is 10.6 Å². The first kappa shape index (κ1) is 13.7. The van der Waals surface area contributed by atoms with Crippen LogP contribution in [0.2, 0.25) is 0 Å². The fraction of sp³-hybridized carbons (Fsp3) is 0.0667. The van der Waals surface area contributed by atoms with E-state index in [0.29, 0.717) is 16.8 Å². The average molecular weight is 270 g/mol. The molecule has 0 amide bonds. The second kappa shape index (κ2) is 5.52. The van der Waals surface area contributed by atoms with Crippen LogP contribution in [0.4, 0.5) is 10.1 Å². The summed E-state index contributed by atoms with van der Waals surface area (Å²) in [6, 6.07) is 11.5. The van der Waals surface area contributed by atoms with Gasteiger partial charge in [0.05, 0.1) is 6.34 Å². The van der Waals surface area contributed by atoms with E-state index in [1.807, 2.05) is 12.1 Å². The van der Waals surface area contributed by atoms with Crippen molar-refractivity contribution in [3.8, 4) is 11.1 Å². The minimum atomic E-state index is -0.421. The lowest BCUT2D eigenvalue weighted by Crippen LogP contribution is -2.25. The number of nitrogens with zero attached hydrogens (tertiary/aromatic N) is 1. The zero-order valence-corrected chi connectivity index (χ0v) is 11.0. The summed E-state index contributed by atoms with van der Waals surface area (Å²) in [6.45, 7) is 0. The molecule has 2 aromatic rings. The maximum absolute atomic E-state index is 13.5. The fourth-order valence-corrected chi connectivity index (χ4v) is 1.92. The van der Waals surface area contributed by atoms with E-state index in [0.717, 1.165) is 11.9 Å². The van der Waals surface area contributed by atoms with Crippen LogP contribution in [0.1, 0.15) is 5.56 Å². The van der Waals surface area contributed by atoms with Crippen LogP contribution >= 0.6 is 0 Å². The standard InChI is InChI=1S/C15H15FN4/c1-20(9-17)15(19)14-8-11(16)5-6-13(14)10-3-2-4-12(18)7-10/h2-9,17,19H,18H2,1H3. The summed E-state index contributed by atoms with van der Waals surface area (Å²) >= 11 is 0. The van der Waals surface area contributed by atoms with Gasteiger partial charge in [-0.05, 0) is 35.4 Å².